The summed E-state index contributed by atoms with van der Waals surface area (Å²) in [6.07, 6.45) is 2.00. The summed E-state index contributed by atoms with van der Waals surface area (Å²) in [6.45, 7) is 11.3. The molecule has 20 heavy (non-hydrogen) atoms. The number of anilines is 1. The summed E-state index contributed by atoms with van der Waals surface area (Å²) in [6, 6.07) is 4.62. The van der Waals surface area contributed by atoms with Crippen LogP contribution in [0.25, 0.3) is 0 Å². The van der Waals surface area contributed by atoms with Gasteiger partial charge in [0.2, 0.25) is 5.91 Å². The predicted molar refractivity (Wildman–Crippen MR) is 84.3 cm³/mol. The van der Waals surface area contributed by atoms with Gasteiger partial charge in [0.05, 0.1) is 6.04 Å². The summed E-state index contributed by atoms with van der Waals surface area (Å²) in [5, 5.41) is 3.39. The zero-order chi connectivity index (χ0) is 14.9. The smallest absolute Gasteiger partial charge is 0.244 e. The van der Waals surface area contributed by atoms with Crippen molar-refractivity contribution >= 4 is 11.6 Å². The van der Waals surface area contributed by atoms with Crippen LogP contribution in [0.15, 0.2) is 12.1 Å². The molecule has 1 aromatic carbocycles. The summed E-state index contributed by atoms with van der Waals surface area (Å²) < 4.78 is 0. The van der Waals surface area contributed by atoms with Gasteiger partial charge in [-0.15, -0.1) is 0 Å². The number of aryl methyl sites for hydroxylation is 3. The van der Waals surface area contributed by atoms with Crippen LogP contribution < -0.4 is 10.2 Å². The van der Waals surface area contributed by atoms with E-state index >= 15 is 0 Å². The fraction of sp³-hybridized carbons (Fsp3) is 0.588. The Morgan fingerprint density at radius 1 is 1.20 bits per heavy atom. The van der Waals surface area contributed by atoms with E-state index in [4.69, 9.17) is 0 Å². The van der Waals surface area contributed by atoms with E-state index in [0.717, 1.165) is 25.1 Å². The Balaban J connectivity index is 2.30. The van der Waals surface area contributed by atoms with Crippen molar-refractivity contribution in [2.24, 2.45) is 0 Å². The molecular weight excluding hydrogens is 248 g/mol. The van der Waals surface area contributed by atoms with Gasteiger partial charge in [0.15, 0.2) is 0 Å². The molecule has 3 heteroatoms. The topological polar surface area (TPSA) is 32.3 Å². The zero-order valence-corrected chi connectivity index (χ0v) is 13.3. The van der Waals surface area contributed by atoms with E-state index in [1.54, 1.807) is 0 Å². The molecule has 1 amide bonds. The summed E-state index contributed by atoms with van der Waals surface area (Å²) in [5.41, 5.74) is 4.75. The number of benzene rings is 1. The van der Waals surface area contributed by atoms with Gasteiger partial charge >= 0.3 is 0 Å². The van der Waals surface area contributed by atoms with Crippen LogP contribution in [-0.2, 0) is 4.79 Å². The number of rotatable bonds is 3. The SMILES string of the molecule is Cc1cc(C)c(N2CCCC(NC(C)C)C2=O)c(C)c1. The number of nitrogens with zero attached hydrogens (tertiary/aromatic N) is 1. The maximum atomic E-state index is 12.7. The number of piperidine rings is 1. The molecule has 1 atom stereocenters. The van der Waals surface area contributed by atoms with E-state index in [2.05, 4.69) is 52.1 Å². The van der Waals surface area contributed by atoms with Crippen molar-refractivity contribution in [1.29, 1.82) is 0 Å². The van der Waals surface area contributed by atoms with E-state index in [-0.39, 0.29) is 11.9 Å². The van der Waals surface area contributed by atoms with Crippen LogP contribution in [-0.4, -0.2) is 24.5 Å². The normalized spacial score (nSPS) is 19.8. The number of carbonyl (C=O) groups is 1. The second-order valence-electron chi connectivity index (χ2n) is 6.25. The Hall–Kier alpha value is -1.35. The van der Waals surface area contributed by atoms with E-state index in [1.807, 2.05) is 4.90 Å². The first-order valence-corrected chi connectivity index (χ1v) is 7.55. The highest BCUT2D eigenvalue weighted by Crippen LogP contribution is 2.29. The van der Waals surface area contributed by atoms with Crippen LogP contribution in [0.2, 0.25) is 0 Å². The third-order valence-corrected chi connectivity index (χ3v) is 3.88. The van der Waals surface area contributed by atoms with Crippen LogP contribution in [0.1, 0.15) is 43.4 Å². The van der Waals surface area contributed by atoms with Gasteiger partial charge < -0.3 is 10.2 Å². The lowest BCUT2D eigenvalue weighted by Crippen LogP contribution is -2.52. The monoisotopic (exact) mass is 274 g/mol. The Bertz CT molecular complexity index is 485. The maximum absolute atomic E-state index is 12.7. The average Bonchev–Trinajstić information content (AvgIpc) is 2.32. The molecule has 2 rings (SSSR count). The van der Waals surface area contributed by atoms with Crippen molar-refractivity contribution in [3.05, 3.63) is 28.8 Å². The minimum Gasteiger partial charge on any atom is -0.311 e. The van der Waals surface area contributed by atoms with Gasteiger partial charge in [-0.1, -0.05) is 31.5 Å². The summed E-state index contributed by atoms with van der Waals surface area (Å²) >= 11 is 0. The second-order valence-corrected chi connectivity index (χ2v) is 6.25. The Labute approximate surface area is 122 Å². The van der Waals surface area contributed by atoms with Gasteiger partial charge in [-0.2, -0.15) is 0 Å². The Morgan fingerprint density at radius 3 is 2.35 bits per heavy atom. The minimum absolute atomic E-state index is 0.0381. The highest BCUT2D eigenvalue weighted by atomic mass is 16.2. The second kappa shape index (κ2) is 5.96. The van der Waals surface area contributed by atoms with Crippen molar-refractivity contribution in [2.45, 2.75) is 59.5 Å². The lowest BCUT2D eigenvalue weighted by molar-refractivity contribution is -0.122. The molecule has 110 valence electrons. The van der Waals surface area contributed by atoms with Crippen LogP contribution >= 0.6 is 0 Å². The van der Waals surface area contributed by atoms with E-state index in [0.29, 0.717) is 6.04 Å². The van der Waals surface area contributed by atoms with Gasteiger partial charge in [0, 0.05) is 18.3 Å². The van der Waals surface area contributed by atoms with E-state index < -0.39 is 0 Å². The molecular formula is C17H26N2O. The molecule has 0 spiro atoms. The molecule has 1 N–H and O–H groups in total. The van der Waals surface area contributed by atoms with Gasteiger partial charge in [-0.3, -0.25) is 4.79 Å². The minimum atomic E-state index is -0.0381. The quantitative estimate of drug-likeness (QED) is 0.918. The molecule has 0 aromatic heterocycles. The molecule has 3 nitrogen and oxygen atoms in total. The molecule has 1 aromatic rings. The first-order valence-electron chi connectivity index (χ1n) is 7.55. The standard InChI is InChI=1S/C17H26N2O/c1-11(2)18-15-7-6-8-19(17(15)20)16-13(4)9-12(3)10-14(16)5/h9-11,15,18H,6-8H2,1-5H3. The fourth-order valence-corrected chi connectivity index (χ4v) is 3.25. The predicted octanol–water partition coefficient (Wildman–Crippen LogP) is 3.11. The number of hydrogen-bond donors (Lipinski definition) is 1. The van der Waals surface area contributed by atoms with Gasteiger partial charge in [-0.05, 0) is 44.7 Å². The number of nitrogens with one attached hydrogen (secondary N) is 1. The van der Waals surface area contributed by atoms with Crippen molar-refractivity contribution in [3.8, 4) is 0 Å². The van der Waals surface area contributed by atoms with Crippen LogP contribution in [0.4, 0.5) is 5.69 Å². The van der Waals surface area contributed by atoms with Gasteiger partial charge in [0.25, 0.3) is 0 Å². The molecule has 1 aliphatic heterocycles. The Morgan fingerprint density at radius 2 is 1.80 bits per heavy atom. The molecule has 1 fully saturated rings. The van der Waals surface area contributed by atoms with E-state index in [9.17, 15) is 4.79 Å². The maximum Gasteiger partial charge on any atom is 0.244 e. The highest BCUT2D eigenvalue weighted by Gasteiger charge is 2.31. The zero-order valence-electron chi connectivity index (χ0n) is 13.3. The first-order chi connectivity index (χ1) is 9.40. The molecule has 1 aliphatic rings. The van der Waals surface area contributed by atoms with E-state index in [1.165, 1.54) is 16.7 Å². The van der Waals surface area contributed by atoms with Crippen LogP contribution in [0.3, 0.4) is 0 Å². The average molecular weight is 274 g/mol. The number of hydrogen-bond acceptors (Lipinski definition) is 2. The van der Waals surface area contributed by atoms with Crippen LogP contribution in [0.5, 0.6) is 0 Å². The first kappa shape index (κ1) is 15.0. The molecule has 1 unspecified atom stereocenters. The number of carbonyl (C=O) groups excluding carboxylic acids is 1. The van der Waals surface area contributed by atoms with Gasteiger partial charge in [-0.25, -0.2) is 0 Å². The third-order valence-electron chi connectivity index (χ3n) is 3.88. The molecule has 0 saturated carbocycles. The van der Waals surface area contributed by atoms with Gasteiger partial charge in [0.1, 0.15) is 0 Å². The van der Waals surface area contributed by atoms with Crippen molar-refractivity contribution in [2.75, 3.05) is 11.4 Å². The highest BCUT2D eigenvalue weighted by molar-refractivity contribution is 5.99. The summed E-state index contributed by atoms with van der Waals surface area (Å²) in [4.78, 5) is 14.7. The third kappa shape index (κ3) is 3.04. The van der Waals surface area contributed by atoms with Crippen LogP contribution in [0, 0.1) is 20.8 Å². The lowest BCUT2D eigenvalue weighted by Gasteiger charge is -2.35. The largest absolute Gasteiger partial charge is 0.311 e. The summed E-state index contributed by atoms with van der Waals surface area (Å²) in [5.74, 6) is 0.222. The number of amides is 1. The van der Waals surface area contributed by atoms with Crippen molar-refractivity contribution in [3.63, 3.8) is 0 Å². The molecule has 1 saturated heterocycles. The fourth-order valence-electron chi connectivity index (χ4n) is 3.25. The molecule has 0 aliphatic carbocycles. The molecule has 0 bridgehead atoms. The lowest BCUT2D eigenvalue weighted by atomic mass is 9.98. The molecule has 0 radical (unpaired) electrons. The molecule has 1 heterocycles. The van der Waals surface area contributed by atoms with Crippen molar-refractivity contribution < 1.29 is 4.79 Å². The summed E-state index contributed by atoms with van der Waals surface area (Å²) in [7, 11) is 0. The Kier molecular flexibility index (Phi) is 4.48. The van der Waals surface area contributed by atoms with Crippen molar-refractivity contribution in [1.82, 2.24) is 5.32 Å².